The van der Waals surface area contributed by atoms with Crippen LogP contribution in [0.15, 0.2) is 18.2 Å². The summed E-state index contributed by atoms with van der Waals surface area (Å²) in [6, 6.07) is 4.76. The van der Waals surface area contributed by atoms with E-state index in [-0.39, 0.29) is 18.6 Å². The Hall–Kier alpha value is -2.00. The van der Waals surface area contributed by atoms with Crippen LogP contribution in [0.5, 0.6) is 0 Å². The van der Waals surface area contributed by atoms with Crippen LogP contribution in [0.3, 0.4) is 0 Å². The van der Waals surface area contributed by atoms with Crippen molar-refractivity contribution in [1.82, 2.24) is 5.32 Å². The van der Waals surface area contributed by atoms with Crippen molar-refractivity contribution in [1.29, 1.82) is 0 Å². The summed E-state index contributed by atoms with van der Waals surface area (Å²) >= 11 is 0. The maximum absolute atomic E-state index is 12.1. The number of aryl methyl sites for hydroxylation is 1. The predicted octanol–water partition coefficient (Wildman–Crippen LogP) is 2.02. The van der Waals surface area contributed by atoms with Crippen LogP contribution in [-0.4, -0.2) is 30.3 Å². The molecule has 0 radical (unpaired) electrons. The zero-order valence-electron chi connectivity index (χ0n) is 10.8. The number of hydrogen-bond donors (Lipinski definition) is 2. The second-order valence-corrected chi connectivity index (χ2v) is 4.12. The number of amides is 1. The summed E-state index contributed by atoms with van der Waals surface area (Å²) in [6.45, 7) is 0.225. The van der Waals surface area contributed by atoms with Crippen LogP contribution in [0.4, 0.5) is 13.2 Å². The Kier molecular flexibility index (Phi) is 5.59. The Labute approximate surface area is 114 Å². The summed E-state index contributed by atoms with van der Waals surface area (Å²) in [6.07, 6.45) is -4.22. The molecule has 2 N–H and O–H groups in total. The number of aliphatic hydroxyl groups is 1. The molecule has 0 aliphatic rings. The van der Waals surface area contributed by atoms with Gasteiger partial charge in [-0.05, 0) is 19.1 Å². The molecule has 0 spiro atoms. The van der Waals surface area contributed by atoms with E-state index in [9.17, 15) is 18.0 Å². The quantitative estimate of drug-likeness (QED) is 0.835. The highest BCUT2D eigenvalue weighted by atomic mass is 19.4. The van der Waals surface area contributed by atoms with E-state index in [0.29, 0.717) is 5.56 Å². The molecular weight excluding hydrogens is 271 g/mol. The molecule has 0 aromatic heterocycles. The van der Waals surface area contributed by atoms with Crippen LogP contribution < -0.4 is 5.32 Å². The Morgan fingerprint density at radius 3 is 2.70 bits per heavy atom. The maximum atomic E-state index is 12.1. The molecule has 0 heterocycles. The van der Waals surface area contributed by atoms with Crippen molar-refractivity contribution in [2.75, 3.05) is 13.2 Å². The molecule has 1 amide bonds. The highest BCUT2D eigenvalue weighted by Gasteiger charge is 2.28. The molecule has 6 heteroatoms. The number of rotatable bonds is 3. The zero-order chi connectivity index (χ0) is 15.2. The molecule has 0 unspecified atom stereocenters. The van der Waals surface area contributed by atoms with Gasteiger partial charge in [0.2, 0.25) is 0 Å². The number of hydrogen-bond acceptors (Lipinski definition) is 2. The minimum atomic E-state index is -4.46. The summed E-state index contributed by atoms with van der Waals surface area (Å²) in [5, 5.41) is 10.4. The lowest BCUT2D eigenvalue weighted by molar-refractivity contribution is -0.123. The second kappa shape index (κ2) is 6.96. The molecule has 0 bridgehead atoms. The molecule has 0 fully saturated rings. The van der Waals surface area contributed by atoms with Gasteiger partial charge >= 0.3 is 6.18 Å². The highest BCUT2D eigenvalue weighted by Crippen LogP contribution is 2.14. The van der Waals surface area contributed by atoms with E-state index in [2.05, 4.69) is 11.8 Å². The third kappa shape index (κ3) is 5.33. The molecule has 0 aliphatic carbocycles. The van der Waals surface area contributed by atoms with Crippen LogP contribution in [0.2, 0.25) is 0 Å². The van der Waals surface area contributed by atoms with Crippen molar-refractivity contribution in [2.24, 2.45) is 0 Å². The molecule has 0 saturated heterocycles. The van der Waals surface area contributed by atoms with Gasteiger partial charge in [0.1, 0.15) is 6.54 Å². The molecule has 0 atom stereocenters. The molecule has 0 aliphatic heterocycles. The minimum Gasteiger partial charge on any atom is -0.395 e. The SMILES string of the molecule is Cc1ccc(C#CCCO)c(C(=O)NCC(F)(F)F)c1. The lowest BCUT2D eigenvalue weighted by atomic mass is 10.0. The smallest absolute Gasteiger partial charge is 0.395 e. The van der Waals surface area contributed by atoms with E-state index in [4.69, 9.17) is 5.11 Å². The number of carbonyl (C=O) groups excluding carboxylic acids is 1. The van der Waals surface area contributed by atoms with Gasteiger partial charge in [0.15, 0.2) is 0 Å². The molecule has 1 aromatic carbocycles. The number of aliphatic hydroxyl groups excluding tert-OH is 1. The van der Waals surface area contributed by atoms with Crippen molar-refractivity contribution in [2.45, 2.75) is 19.5 Å². The first kappa shape index (κ1) is 16.1. The summed E-state index contributed by atoms with van der Waals surface area (Å²) in [5.41, 5.74) is 1.18. The fraction of sp³-hybridized carbons (Fsp3) is 0.357. The summed E-state index contributed by atoms with van der Waals surface area (Å²) in [4.78, 5) is 11.8. The van der Waals surface area contributed by atoms with E-state index < -0.39 is 18.6 Å². The van der Waals surface area contributed by atoms with Crippen LogP contribution in [0.25, 0.3) is 0 Å². The first-order valence-electron chi connectivity index (χ1n) is 5.89. The Balaban J connectivity index is 2.95. The maximum Gasteiger partial charge on any atom is 0.405 e. The topological polar surface area (TPSA) is 49.3 Å². The van der Waals surface area contributed by atoms with Gasteiger partial charge < -0.3 is 10.4 Å². The molecule has 1 rings (SSSR count). The Bertz CT molecular complexity index is 542. The van der Waals surface area contributed by atoms with Crippen molar-refractivity contribution >= 4 is 5.91 Å². The Morgan fingerprint density at radius 1 is 1.40 bits per heavy atom. The van der Waals surface area contributed by atoms with Gasteiger partial charge in [0.05, 0.1) is 12.2 Å². The van der Waals surface area contributed by atoms with Crippen molar-refractivity contribution in [3.05, 3.63) is 34.9 Å². The summed E-state index contributed by atoms with van der Waals surface area (Å²) in [7, 11) is 0. The first-order valence-corrected chi connectivity index (χ1v) is 5.89. The van der Waals surface area contributed by atoms with E-state index in [1.54, 1.807) is 19.1 Å². The number of benzene rings is 1. The summed E-state index contributed by atoms with van der Waals surface area (Å²) < 4.78 is 36.3. The molecule has 1 aromatic rings. The average Bonchev–Trinajstić information content (AvgIpc) is 2.37. The molecule has 20 heavy (non-hydrogen) atoms. The first-order chi connectivity index (χ1) is 9.33. The normalized spacial score (nSPS) is 10.7. The minimum absolute atomic E-state index is 0.0969. The van der Waals surface area contributed by atoms with E-state index in [1.807, 2.05) is 5.32 Å². The fourth-order valence-electron chi connectivity index (χ4n) is 1.44. The van der Waals surface area contributed by atoms with Gasteiger partial charge in [-0.3, -0.25) is 4.79 Å². The molecule has 108 valence electrons. The van der Waals surface area contributed by atoms with Crippen LogP contribution in [0, 0.1) is 18.8 Å². The van der Waals surface area contributed by atoms with Gasteiger partial charge in [-0.25, -0.2) is 0 Å². The number of carbonyl (C=O) groups is 1. The van der Waals surface area contributed by atoms with Crippen molar-refractivity contribution in [3.63, 3.8) is 0 Å². The van der Waals surface area contributed by atoms with Crippen LogP contribution in [-0.2, 0) is 0 Å². The zero-order valence-corrected chi connectivity index (χ0v) is 10.8. The number of halogens is 3. The van der Waals surface area contributed by atoms with Crippen molar-refractivity contribution < 1.29 is 23.1 Å². The summed E-state index contributed by atoms with van der Waals surface area (Å²) in [5.74, 6) is 4.48. The molecule has 3 nitrogen and oxygen atoms in total. The predicted molar refractivity (Wildman–Crippen MR) is 68.1 cm³/mol. The van der Waals surface area contributed by atoms with E-state index >= 15 is 0 Å². The standard InChI is InChI=1S/C14H14F3NO2/c1-10-5-6-11(4-2-3-7-19)12(8-10)13(20)18-9-14(15,16)17/h5-6,8,19H,3,7,9H2,1H3,(H,18,20). The third-order valence-corrected chi connectivity index (χ3v) is 2.33. The average molecular weight is 285 g/mol. The second-order valence-electron chi connectivity index (χ2n) is 4.12. The van der Waals surface area contributed by atoms with E-state index in [1.165, 1.54) is 6.07 Å². The van der Waals surface area contributed by atoms with Gasteiger partial charge in [-0.2, -0.15) is 13.2 Å². The highest BCUT2D eigenvalue weighted by molar-refractivity contribution is 5.97. The van der Waals surface area contributed by atoms with Gasteiger partial charge in [-0.1, -0.05) is 23.5 Å². The molecule has 0 saturated carbocycles. The lowest BCUT2D eigenvalue weighted by Gasteiger charge is -2.10. The lowest BCUT2D eigenvalue weighted by Crippen LogP contribution is -2.34. The van der Waals surface area contributed by atoms with Gasteiger partial charge in [0, 0.05) is 12.0 Å². The van der Waals surface area contributed by atoms with Crippen LogP contribution in [0.1, 0.15) is 27.9 Å². The van der Waals surface area contributed by atoms with Gasteiger partial charge in [0.25, 0.3) is 5.91 Å². The van der Waals surface area contributed by atoms with E-state index in [0.717, 1.165) is 5.56 Å². The largest absolute Gasteiger partial charge is 0.405 e. The van der Waals surface area contributed by atoms with Gasteiger partial charge in [-0.15, -0.1) is 0 Å². The molecular formula is C14H14F3NO2. The Morgan fingerprint density at radius 2 is 2.10 bits per heavy atom. The van der Waals surface area contributed by atoms with Crippen LogP contribution >= 0.6 is 0 Å². The third-order valence-electron chi connectivity index (χ3n) is 2.33. The fourth-order valence-corrected chi connectivity index (χ4v) is 1.44. The monoisotopic (exact) mass is 285 g/mol. The number of nitrogens with one attached hydrogen (secondary N) is 1. The van der Waals surface area contributed by atoms with Crippen molar-refractivity contribution in [3.8, 4) is 11.8 Å². The number of alkyl halides is 3.